The maximum Gasteiger partial charge on any atom is 0.266 e. The van der Waals surface area contributed by atoms with Crippen LogP contribution in [0.1, 0.15) is 12.8 Å². The standard InChI is InChI=1S/C19H24N6O2/c26-18-12-16(13-21-22-18)25-7-3-4-15(14-25)19(27)24-10-8-23(9-11-24)17-5-1-2-6-20-17/h1-2,5-6,12-13,15H,3-4,7-11,14H2,(H,22,26). The summed E-state index contributed by atoms with van der Waals surface area (Å²) in [5, 5.41) is 6.27. The van der Waals surface area contributed by atoms with E-state index in [0.29, 0.717) is 6.54 Å². The smallest absolute Gasteiger partial charge is 0.266 e. The summed E-state index contributed by atoms with van der Waals surface area (Å²) < 4.78 is 0. The number of piperazine rings is 1. The van der Waals surface area contributed by atoms with Crippen LogP contribution in [-0.4, -0.2) is 65.3 Å². The van der Waals surface area contributed by atoms with Crippen molar-refractivity contribution in [2.45, 2.75) is 12.8 Å². The van der Waals surface area contributed by atoms with Crippen molar-refractivity contribution in [3.63, 3.8) is 0 Å². The van der Waals surface area contributed by atoms with Gasteiger partial charge in [0.25, 0.3) is 5.56 Å². The summed E-state index contributed by atoms with van der Waals surface area (Å²) in [5.74, 6) is 1.16. The molecule has 2 aromatic heterocycles. The van der Waals surface area contributed by atoms with Crippen molar-refractivity contribution in [3.05, 3.63) is 47.0 Å². The van der Waals surface area contributed by atoms with E-state index in [-0.39, 0.29) is 17.4 Å². The van der Waals surface area contributed by atoms with Gasteiger partial charge in [-0.05, 0) is 25.0 Å². The lowest BCUT2D eigenvalue weighted by Crippen LogP contribution is -2.52. The highest BCUT2D eigenvalue weighted by Crippen LogP contribution is 2.24. The van der Waals surface area contributed by atoms with Gasteiger partial charge in [0.05, 0.1) is 17.8 Å². The van der Waals surface area contributed by atoms with Crippen LogP contribution in [0, 0.1) is 5.92 Å². The second-order valence-electron chi connectivity index (χ2n) is 7.09. The van der Waals surface area contributed by atoms with E-state index >= 15 is 0 Å². The Kier molecular flexibility index (Phi) is 5.04. The minimum absolute atomic E-state index is 0.0283. The van der Waals surface area contributed by atoms with Gasteiger partial charge in [-0.1, -0.05) is 6.07 Å². The zero-order chi connectivity index (χ0) is 18.6. The van der Waals surface area contributed by atoms with Crippen molar-refractivity contribution in [1.82, 2.24) is 20.1 Å². The molecule has 0 aliphatic carbocycles. The Morgan fingerprint density at radius 3 is 2.70 bits per heavy atom. The van der Waals surface area contributed by atoms with Crippen molar-refractivity contribution in [2.75, 3.05) is 49.1 Å². The van der Waals surface area contributed by atoms with Gasteiger partial charge in [0.2, 0.25) is 5.91 Å². The predicted molar refractivity (Wildman–Crippen MR) is 103 cm³/mol. The summed E-state index contributed by atoms with van der Waals surface area (Å²) in [4.78, 5) is 35.2. The van der Waals surface area contributed by atoms with E-state index in [1.165, 1.54) is 0 Å². The third-order valence-electron chi connectivity index (χ3n) is 5.35. The lowest BCUT2D eigenvalue weighted by Gasteiger charge is -2.39. The van der Waals surface area contributed by atoms with Crippen molar-refractivity contribution < 1.29 is 4.79 Å². The number of carbonyl (C=O) groups is 1. The molecule has 1 N–H and O–H groups in total. The number of aromatic nitrogens is 3. The summed E-state index contributed by atoms with van der Waals surface area (Å²) >= 11 is 0. The van der Waals surface area contributed by atoms with Crippen molar-refractivity contribution in [3.8, 4) is 0 Å². The van der Waals surface area contributed by atoms with Crippen molar-refractivity contribution in [1.29, 1.82) is 0 Å². The molecule has 1 unspecified atom stereocenters. The molecular weight excluding hydrogens is 344 g/mol. The molecule has 1 atom stereocenters. The van der Waals surface area contributed by atoms with Crippen molar-refractivity contribution >= 4 is 17.4 Å². The fourth-order valence-electron chi connectivity index (χ4n) is 3.91. The summed E-state index contributed by atoms with van der Waals surface area (Å²) in [6.07, 6.45) is 5.29. The molecule has 8 heteroatoms. The molecule has 0 saturated carbocycles. The van der Waals surface area contributed by atoms with E-state index < -0.39 is 0 Å². The molecule has 2 aliphatic rings. The number of hydrogen-bond donors (Lipinski definition) is 1. The minimum Gasteiger partial charge on any atom is -0.369 e. The lowest BCUT2D eigenvalue weighted by molar-refractivity contribution is -0.136. The van der Waals surface area contributed by atoms with Crippen LogP contribution in [0.3, 0.4) is 0 Å². The van der Waals surface area contributed by atoms with Crippen LogP contribution < -0.4 is 15.4 Å². The monoisotopic (exact) mass is 368 g/mol. The van der Waals surface area contributed by atoms with Gasteiger partial charge < -0.3 is 14.7 Å². The van der Waals surface area contributed by atoms with Gasteiger partial charge in [-0.2, -0.15) is 5.10 Å². The van der Waals surface area contributed by atoms with Gasteiger partial charge in [0.1, 0.15) is 5.82 Å². The second-order valence-corrected chi connectivity index (χ2v) is 7.09. The first-order valence-corrected chi connectivity index (χ1v) is 9.45. The average molecular weight is 368 g/mol. The normalized spacial score (nSPS) is 20.6. The molecule has 0 bridgehead atoms. The number of hydrogen-bond acceptors (Lipinski definition) is 6. The zero-order valence-electron chi connectivity index (χ0n) is 15.3. The third kappa shape index (κ3) is 3.94. The van der Waals surface area contributed by atoms with Crippen LogP contribution in [0.4, 0.5) is 11.5 Å². The van der Waals surface area contributed by atoms with Crippen molar-refractivity contribution in [2.24, 2.45) is 5.92 Å². The number of nitrogens with one attached hydrogen (secondary N) is 1. The highest BCUT2D eigenvalue weighted by molar-refractivity contribution is 5.80. The Morgan fingerprint density at radius 2 is 1.96 bits per heavy atom. The molecule has 27 heavy (non-hydrogen) atoms. The van der Waals surface area contributed by atoms with E-state index in [4.69, 9.17) is 0 Å². The average Bonchev–Trinajstić information content (AvgIpc) is 2.74. The number of nitrogens with zero attached hydrogens (tertiary/aromatic N) is 5. The van der Waals surface area contributed by atoms with Crippen LogP contribution in [0.25, 0.3) is 0 Å². The number of H-pyrrole nitrogens is 1. The van der Waals surface area contributed by atoms with Crippen LogP contribution in [0.15, 0.2) is 41.5 Å². The van der Waals surface area contributed by atoms with E-state index in [1.807, 2.05) is 23.1 Å². The molecule has 0 aromatic carbocycles. The maximum absolute atomic E-state index is 13.0. The molecular formula is C19H24N6O2. The number of amides is 1. The van der Waals surface area contributed by atoms with Gasteiger partial charge >= 0.3 is 0 Å². The molecule has 1 amide bonds. The van der Waals surface area contributed by atoms with Crippen LogP contribution >= 0.6 is 0 Å². The highest BCUT2D eigenvalue weighted by atomic mass is 16.2. The number of anilines is 2. The van der Waals surface area contributed by atoms with Crippen LogP contribution in [-0.2, 0) is 4.79 Å². The van der Waals surface area contributed by atoms with Crippen LogP contribution in [0.2, 0.25) is 0 Å². The number of pyridine rings is 1. The summed E-state index contributed by atoms with van der Waals surface area (Å²) in [7, 11) is 0. The van der Waals surface area contributed by atoms with Gasteiger partial charge in [0, 0.05) is 51.5 Å². The van der Waals surface area contributed by atoms with Crippen LogP contribution in [0.5, 0.6) is 0 Å². The molecule has 0 radical (unpaired) electrons. The highest BCUT2D eigenvalue weighted by Gasteiger charge is 2.31. The van der Waals surface area contributed by atoms with E-state index in [0.717, 1.165) is 57.1 Å². The molecule has 0 spiro atoms. The third-order valence-corrected chi connectivity index (χ3v) is 5.35. The molecule has 4 rings (SSSR count). The van der Waals surface area contributed by atoms with E-state index in [9.17, 15) is 9.59 Å². The first-order valence-electron chi connectivity index (χ1n) is 9.45. The first-order chi connectivity index (χ1) is 13.2. The lowest BCUT2D eigenvalue weighted by atomic mass is 9.96. The Balaban J connectivity index is 1.36. The number of rotatable bonds is 3. The number of piperidine rings is 1. The maximum atomic E-state index is 13.0. The topological polar surface area (TPSA) is 85.4 Å². The Labute approximate surface area is 157 Å². The molecule has 4 heterocycles. The quantitative estimate of drug-likeness (QED) is 0.860. The molecule has 2 fully saturated rings. The molecule has 2 aliphatic heterocycles. The fraction of sp³-hybridized carbons (Fsp3) is 0.474. The molecule has 8 nitrogen and oxygen atoms in total. The molecule has 2 aromatic rings. The Hall–Kier alpha value is -2.90. The van der Waals surface area contributed by atoms with Gasteiger partial charge in [-0.15, -0.1) is 0 Å². The van der Waals surface area contributed by atoms with E-state index in [1.54, 1.807) is 18.5 Å². The summed E-state index contributed by atoms with van der Waals surface area (Å²) in [6.45, 7) is 4.54. The minimum atomic E-state index is -0.216. The number of aromatic amines is 1. The Bertz CT molecular complexity index is 831. The largest absolute Gasteiger partial charge is 0.369 e. The SMILES string of the molecule is O=C(C1CCCN(c2cn[nH]c(=O)c2)C1)N1CCN(c2ccccn2)CC1. The number of carbonyl (C=O) groups excluding carboxylic acids is 1. The Morgan fingerprint density at radius 1 is 1.11 bits per heavy atom. The van der Waals surface area contributed by atoms with Gasteiger partial charge in [-0.3, -0.25) is 9.59 Å². The zero-order valence-corrected chi connectivity index (χ0v) is 15.3. The summed E-state index contributed by atoms with van der Waals surface area (Å²) in [5.41, 5.74) is 0.572. The second kappa shape index (κ2) is 7.77. The molecule has 2 saturated heterocycles. The predicted octanol–water partition coefficient (Wildman–Crippen LogP) is 0.730. The van der Waals surface area contributed by atoms with Gasteiger partial charge in [-0.25, -0.2) is 10.1 Å². The summed E-state index contributed by atoms with van der Waals surface area (Å²) in [6, 6.07) is 7.45. The van der Waals surface area contributed by atoms with E-state index in [2.05, 4.69) is 25.0 Å². The fourth-order valence-corrected chi connectivity index (χ4v) is 3.91. The molecule has 142 valence electrons. The van der Waals surface area contributed by atoms with Gasteiger partial charge in [0.15, 0.2) is 0 Å². The first kappa shape index (κ1) is 17.5.